The van der Waals surface area contributed by atoms with E-state index >= 15 is 0 Å². The third-order valence-corrected chi connectivity index (χ3v) is 5.30. The molecule has 170 valence electrons. The van der Waals surface area contributed by atoms with Gasteiger partial charge >= 0.3 is 0 Å². The van der Waals surface area contributed by atoms with Crippen LogP contribution in [0.2, 0.25) is 0 Å². The van der Waals surface area contributed by atoms with Crippen LogP contribution in [0.15, 0.2) is 83.0 Å². The van der Waals surface area contributed by atoms with Gasteiger partial charge in [-0.3, -0.25) is 4.79 Å². The fourth-order valence-electron chi connectivity index (χ4n) is 2.86. The Morgan fingerprint density at radius 1 is 1.06 bits per heavy atom. The summed E-state index contributed by atoms with van der Waals surface area (Å²) >= 11 is 1.42. The van der Waals surface area contributed by atoms with Crippen molar-refractivity contribution in [2.45, 2.75) is 12.7 Å². The average Bonchev–Trinajstić information content (AvgIpc) is 2.82. The number of amidine groups is 1. The van der Waals surface area contributed by atoms with Gasteiger partial charge in [-0.1, -0.05) is 54.2 Å². The van der Waals surface area contributed by atoms with Gasteiger partial charge in [-0.15, -0.1) is 5.10 Å². The molecule has 0 saturated heterocycles. The quantitative estimate of drug-likeness (QED) is 0.275. The van der Waals surface area contributed by atoms with Crippen LogP contribution in [0.4, 0.5) is 5.69 Å². The minimum absolute atomic E-state index is 0.142. The summed E-state index contributed by atoms with van der Waals surface area (Å²) in [7, 11) is 1.53. The van der Waals surface area contributed by atoms with E-state index in [0.29, 0.717) is 16.7 Å². The van der Waals surface area contributed by atoms with E-state index in [0.717, 1.165) is 28.1 Å². The monoisotopic (exact) mass is 462 g/mol. The smallest absolute Gasteiger partial charge is 0.262 e. The first-order chi connectivity index (χ1) is 16.0. The fraction of sp³-hybridized carbons (Fsp3) is 0.160. The molecule has 0 unspecified atom stereocenters. The van der Waals surface area contributed by atoms with Crippen LogP contribution in [0.3, 0.4) is 0 Å². The van der Waals surface area contributed by atoms with Gasteiger partial charge in [-0.25, -0.2) is 0 Å². The molecule has 0 fully saturated rings. The van der Waals surface area contributed by atoms with Gasteiger partial charge in [0.25, 0.3) is 5.91 Å². The summed E-state index contributed by atoms with van der Waals surface area (Å²) in [6, 6.07) is 22.8. The van der Waals surface area contributed by atoms with Gasteiger partial charge in [0.1, 0.15) is 0 Å². The lowest BCUT2D eigenvalue weighted by Gasteiger charge is -2.11. The summed E-state index contributed by atoms with van der Waals surface area (Å²) in [5.74, 6) is 1.41. The van der Waals surface area contributed by atoms with Gasteiger partial charge in [0.15, 0.2) is 23.3 Å². The zero-order valence-electron chi connectivity index (χ0n) is 18.5. The van der Waals surface area contributed by atoms with E-state index in [9.17, 15) is 4.79 Å². The highest BCUT2D eigenvalue weighted by molar-refractivity contribution is 8.13. The second-order valence-electron chi connectivity index (χ2n) is 7.07. The van der Waals surface area contributed by atoms with Crippen molar-refractivity contribution in [1.29, 1.82) is 0 Å². The lowest BCUT2D eigenvalue weighted by atomic mass is 10.2. The predicted octanol–water partition coefficient (Wildman–Crippen LogP) is 4.60. The van der Waals surface area contributed by atoms with Crippen molar-refractivity contribution in [1.82, 2.24) is 0 Å². The topological polar surface area (TPSA) is 98.3 Å². The second-order valence-corrected chi connectivity index (χ2v) is 8.07. The van der Waals surface area contributed by atoms with E-state index in [1.807, 2.05) is 61.5 Å². The van der Waals surface area contributed by atoms with Crippen LogP contribution in [0.5, 0.6) is 11.5 Å². The number of aryl methyl sites for hydroxylation is 1. The molecule has 8 heteroatoms. The van der Waals surface area contributed by atoms with Gasteiger partial charge in [0.2, 0.25) is 0 Å². The first-order valence-corrected chi connectivity index (χ1v) is 11.2. The highest BCUT2D eigenvalue weighted by Crippen LogP contribution is 2.27. The number of hydrogen-bond donors (Lipinski definition) is 2. The van der Waals surface area contributed by atoms with Crippen LogP contribution in [0, 0.1) is 6.92 Å². The first-order valence-electron chi connectivity index (χ1n) is 10.2. The molecule has 33 heavy (non-hydrogen) atoms. The molecule has 3 N–H and O–H groups in total. The standard InChI is InChI=1S/C25H26N4O3S/c1-18-7-6-10-21(13-18)28-24(30)16-32-22-12-11-20(14-23(22)31-2)15-27-29-25(26)33-17-19-8-4-3-5-9-19/h3-15H,16-17H2,1-2H3,(H2,26,29)(H,28,30). The minimum atomic E-state index is -0.258. The predicted molar refractivity (Wildman–Crippen MR) is 135 cm³/mol. The van der Waals surface area contributed by atoms with Crippen molar-refractivity contribution in [3.8, 4) is 11.5 Å². The molecule has 3 aromatic carbocycles. The maximum absolute atomic E-state index is 12.2. The number of nitrogens with two attached hydrogens (primary N) is 1. The van der Waals surface area contributed by atoms with Gasteiger partial charge in [-0.05, 0) is 53.9 Å². The Balaban J connectivity index is 1.53. The SMILES string of the molecule is COc1cc(C=NN=C(N)SCc2ccccc2)ccc1OCC(=O)Nc1cccc(C)c1. The van der Waals surface area contributed by atoms with Crippen molar-refractivity contribution in [2.24, 2.45) is 15.9 Å². The molecular formula is C25H26N4O3S. The minimum Gasteiger partial charge on any atom is -0.493 e. The molecule has 1 amide bonds. The lowest BCUT2D eigenvalue weighted by Crippen LogP contribution is -2.20. The Labute approximate surface area is 197 Å². The number of nitrogens with zero attached hydrogens (tertiary/aromatic N) is 2. The Morgan fingerprint density at radius 3 is 2.64 bits per heavy atom. The number of nitrogens with one attached hydrogen (secondary N) is 1. The molecule has 0 radical (unpaired) electrons. The number of anilines is 1. The van der Waals surface area contributed by atoms with E-state index in [1.54, 1.807) is 24.4 Å². The normalized spacial score (nSPS) is 11.4. The Morgan fingerprint density at radius 2 is 1.88 bits per heavy atom. The Hall–Kier alpha value is -3.78. The molecule has 3 rings (SSSR count). The molecule has 0 saturated carbocycles. The first kappa shape index (κ1) is 23.9. The number of carbonyl (C=O) groups is 1. The van der Waals surface area contributed by atoms with Crippen LogP contribution < -0.4 is 20.5 Å². The zero-order chi connectivity index (χ0) is 23.5. The van der Waals surface area contributed by atoms with Gasteiger partial charge < -0.3 is 20.5 Å². The lowest BCUT2D eigenvalue weighted by molar-refractivity contribution is -0.118. The molecule has 0 heterocycles. The number of methoxy groups -OCH3 is 1. The highest BCUT2D eigenvalue weighted by Gasteiger charge is 2.09. The summed E-state index contributed by atoms with van der Waals surface area (Å²) in [6.07, 6.45) is 1.58. The van der Waals surface area contributed by atoms with Crippen molar-refractivity contribution in [3.05, 3.63) is 89.5 Å². The van der Waals surface area contributed by atoms with Crippen molar-refractivity contribution in [3.63, 3.8) is 0 Å². The molecular weight excluding hydrogens is 436 g/mol. The summed E-state index contributed by atoms with van der Waals surface area (Å²) in [5.41, 5.74) is 9.62. The molecule has 0 aliphatic carbocycles. The summed E-state index contributed by atoms with van der Waals surface area (Å²) in [6.45, 7) is 1.82. The van der Waals surface area contributed by atoms with Crippen LogP contribution in [-0.4, -0.2) is 31.0 Å². The highest BCUT2D eigenvalue weighted by atomic mass is 32.2. The Kier molecular flexibility index (Phi) is 8.90. The fourth-order valence-corrected chi connectivity index (χ4v) is 3.47. The molecule has 0 aliphatic heterocycles. The van der Waals surface area contributed by atoms with E-state index in [-0.39, 0.29) is 12.5 Å². The third kappa shape index (κ3) is 8.01. The molecule has 0 bridgehead atoms. The summed E-state index contributed by atoms with van der Waals surface area (Å²) in [5, 5.41) is 11.2. The summed E-state index contributed by atoms with van der Waals surface area (Å²) in [4.78, 5) is 12.2. The average molecular weight is 463 g/mol. The molecule has 7 nitrogen and oxygen atoms in total. The van der Waals surface area contributed by atoms with Crippen molar-refractivity contribution in [2.75, 3.05) is 19.0 Å². The largest absolute Gasteiger partial charge is 0.493 e. The van der Waals surface area contributed by atoms with Gasteiger partial charge in [0.05, 0.1) is 13.3 Å². The summed E-state index contributed by atoms with van der Waals surface area (Å²) < 4.78 is 11.0. The van der Waals surface area contributed by atoms with Crippen LogP contribution in [0.1, 0.15) is 16.7 Å². The Bertz CT molecular complexity index is 1130. The van der Waals surface area contributed by atoms with Crippen LogP contribution >= 0.6 is 11.8 Å². The van der Waals surface area contributed by atoms with E-state index in [1.165, 1.54) is 18.9 Å². The molecule has 0 atom stereocenters. The number of rotatable bonds is 9. The van der Waals surface area contributed by atoms with E-state index in [4.69, 9.17) is 15.2 Å². The third-order valence-electron chi connectivity index (χ3n) is 4.44. The second kappa shape index (κ2) is 12.3. The molecule has 3 aromatic rings. The molecule has 0 aliphatic rings. The van der Waals surface area contributed by atoms with E-state index in [2.05, 4.69) is 15.5 Å². The van der Waals surface area contributed by atoms with Gasteiger partial charge in [-0.2, -0.15) is 5.10 Å². The van der Waals surface area contributed by atoms with Gasteiger partial charge in [0, 0.05) is 11.4 Å². The number of ether oxygens (including phenoxy) is 2. The maximum atomic E-state index is 12.2. The number of benzene rings is 3. The van der Waals surface area contributed by atoms with Crippen LogP contribution in [-0.2, 0) is 10.5 Å². The van der Waals surface area contributed by atoms with Crippen molar-refractivity contribution < 1.29 is 14.3 Å². The number of thioether (sulfide) groups is 1. The van der Waals surface area contributed by atoms with Crippen LogP contribution in [0.25, 0.3) is 0 Å². The van der Waals surface area contributed by atoms with E-state index < -0.39 is 0 Å². The maximum Gasteiger partial charge on any atom is 0.262 e. The molecule has 0 aromatic heterocycles. The molecule has 0 spiro atoms. The number of carbonyl (C=O) groups excluding carboxylic acids is 1. The zero-order valence-corrected chi connectivity index (χ0v) is 19.3. The number of hydrogen-bond acceptors (Lipinski definition) is 6. The number of amides is 1. The van der Waals surface area contributed by atoms with Crippen molar-refractivity contribution >= 4 is 34.7 Å².